The number of nitrogens with one attached hydrogen (secondary N) is 1. The fourth-order valence-electron chi connectivity index (χ4n) is 6.36. The highest BCUT2D eigenvalue weighted by molar-refractivity contribution is 5.80. The minimum atomic E-state index is -4.48. The Morgan fingerprint density at radius 3 is 2.22 bits per heavy atom. The number of amides is 2. The highest BCUT2D eigenvalue weighted by Crippen LogP contribution is 2.31. The first kappa shape index (κ1) is 27.6. The zero-order valence-corrected chi connectivity index (χ0v) is 22.7. The molecule has 0 atom stereocenters. The molecule has 41 heavy (non-hydrogen) atoms. The molecule has 11 nitrogen and oxygen atoms in total. The summed E-state index contributed by atoms with van der Waals surface area (Å²) in [5.74, 6) is 0.391. The lowest BCUT2D eigenvalue weighted by atomic mass is 9.95. The van der Waals surface area contributed by atoms with Gasteiger partial charge in [0.25, 0.3) is 5.56 Å². The van der Waals surface area contributed by atoms with Crippen LogP contribution in [-0.4, -0.2) is 92.5 Å². The van der Waals surface area contributed by atoms with Crippen LogP contribution in [0.25, 0.3) is 0 Å². The Kier molecular flexibility index (Phi) is 7.43. The molecule has 2 aromatic heterocycles. The molecule has 1 N–H and O–H groups in total. The molecular weight excluding hydrogens is 541 g/mol. The molecule has 2 aromatic rings. The third-order valence-corrected chi connectivity index (χ3v) is 8.80. The number of rotatable bonds is 5. The number of anilines is 1. The van der Waals surface area contributed by atoms with Gasteiger partial charge in [0.15, 0.2) is 0 Å². The second-order valence-corrected chi connectivity index (χ2v) is 11.4. The molecule has 1 aliphatic carbocycles. The average Bonchev–Trinajstić information content (AvgIpc) is 3.50. The molecular formula is C27H33F3N8O3. The molecule has 2 amide bonds. The van der Waals surface area contributed by atoms with E-state index in [0.29, 0.717) is 70.9 Å². The molecule has 0 radical (unpaired) electrons. The average molecular weight is 575 g/mol. The molecule has 0 aromatic carbocycles. The number of carbonyl (C=O) groups excluding carboxylic acids is 2. The number of alkyl halides is 3. The van der Waals surface area contributed by atoms with E-state index in [9.17, 15) is 27.6 Å². The highest BCUT2D eigenvalue weighted by Gasteiger charge is 2.38. The van der Waals surface area contributed by atoms with Crippen molar-refractivity contribution in [2.75, 3.05) is 50.7 Å². The summed E-state index contributed by atoms with van der Waals surface area (Å²) in [6, 6.07) is 0. The Labute approximate surface area is 234 Å². The third-order valence-electron chi connectivity index (χ3n) is 8.80. The Morgan fingerprint density at radius 2 is 1.56 bits per heavy atom. The van der Waals surface area contributed by atoms with Crippen molar-refractivity contribution in [3.63, 3.8) is 0 Å². The first-order valence-corrected chi connectivity index (χ1v) is 14.2. The Morgan fingerprint density at radius 1 is 0.902 bits per heavy atom. The zero-order valence-electron chi connectivity index (χ0n) is 22.7. The molecule has 0 bridgehead atoms. The number of halogens is 3. The summed E-state index contributed by atoms with van der Waals surface area (Å²) < 4.78 is 38.3. The Hall–Kier alpha value is -3.55. The van der Waals surface area contributed by atoms with Crippen molar-refractivity contribution < 1.29 is 22.8 Å². The summed E-state index contributed by atoms with van der Waals surface area (Å²) >= 11 is 0. The zero-order chi connectivity index (χ0) is 28.7. The first-order chi connectivity index (χ1) is 19.7. The molecule has 14 heteroatoms. The maximum Gasteiger partial charge on any atom is 0.419 e. The molecule has 5 heterocycles. The van der Waals surface area contributed by atoms with Crippen molar-refractivity contribution in [3.8, 4) is 0 Å². The number of hydrogen-bond acceptors (Lipinski definition) is 8. The molecule has 2 saturated heterocycles. The molecule has 4 aliphatic rings. The number of likely N-dealkylation sites (tertiary alicyclic amines) is 1. The lowest BCUT2D eigenvalue weighted by Crippen LogP contribution is -2.57. The molecule has 3 aliphatic heterocycles. The van der Waals surface area contributed by atoms with Gasteiger partial charge in [-0.05, 0) is 19.3 Å². The number of nitrogens with zero attached hydrogens (tertiary/aromatic N) is 7. The van der Waals surface area contributed by atoms with Gasteiger partial charge >= 0.3 is 6.18 Å². The smallest absolute Gasteiger partial charge is 0.339 e. The van der Waals surface area contributed by atoms with Crippen molar-refractivity contribution in [2.45, 2.75) is 51.4 Å². The molecule has 0 unspecified atom stereocenters. The first-order valence-electron chi connectivity index (χ1n) is 14.2. The van der Waals surface area contributed by atoms with Crippen LogP contribution in [0.5, 0.6) is 0 Å². The normalized spacial score (nSPS) is 20.7. The summed E-state index contributed by atoms with van der Waals surface area (Å²) in [6.45, 7) is 4.36. The standard InChI is InChI=1S/C27H33F3N8O3/c28-27(29,30)19-11-31-26(32-12-19)37-9-7-36(8-10-37)25(41)18-13-35(14-18)16-22-21-15-38(24(40)17-3-1-2-4-17)6-5-20(21)23(39)34-33-22/h11-12,17-18H,1-10,13-16H2,(H,34,39). The fourth-order valence-corrected chi connectivity index (χ4v) is 6.36. The number of aromatic amines is 1. The SMILES string of the molecule is O=C(C1CN(Cc2n[nH]c(=O)c3c2CN(C(=O)C2CCCC2)CC3)C1)N1CCN(c2ncc(C(F)(F)F)cn2)CC1. The van der Waals surface area contributed by atoms with Crippen LogP contribution in [0.4, 0.5) is 19.1 Å². The van der Waals surface area contributed by atoms with Crippen molar-refractivity contribution in [1.29, 1.82) is 0 Å². The van der Waals surface area contributed by atoms with Crippen LogP contribution >= 0.6 is 0 Å². The highest BCUT2D eigenvalue weighted by atomic mass is 19.4. The summed E-state index contributed by atoms with van der Waals surface area (Å²) in [5, 5.41) is 6.94. The lowest BCUT2D eigenvalue weighted by Gasteiger charge is -2.43. The predicted molar refractivity (Wildman–Crippen MR) is 141 cm³/mol. The molecule has 6 rings (SSSR count). The maximum atomic E-state index is 13.1. The summed E-state index contributed by atoms with van der Waals surface area (Å²) in [5.41, 5.74) is 1.20. The molecule has 220 valence electrons. The number of aromatic nitrogens is 4. The van der Waals surface area contributed by atoms with Gasteiger partial charge in [0.2, 0.25) is 17.8 Å². The van der Waals surface area contributed by atoms with Gasteiger partial charge < -0.3 is 14.7 Å². The van der Waals surface area contributed by atoms with E-state index in [4.69, 9.17) is 0 Å². The van der Waals surface area contributed by atoms with Gasteiger partial charge in [-0.25, -0.2) is 15.1 Å². The van der Waals surface area contributed by atoms with Crippen LogP contribution in [0.1, 0.15) is 48.1 Å². The Bertz CT molecular complexity index is 1350. The van der Waals surface area contributed by atoms with Crippen molar-refractivity contribution >= 4 is 17.8 Å². The predicted octanol–water partition coefficient (Wildman–Crippen LogP) is 1.43. The van der Waals surface area contributed by atoms with Gasteiger partial charge in [-0.1, -0.05) is 12.8 Å². The number of fused-ring (bicyclic) bond motifs is 1. The monoisotopic (exact) mass is 574 g/mol. The van der Waals surface area contributed by atoms with E-state index >= 15 is 0 Å². The Balaban J connectivity index is 1.01. The van der Waals surface area contributed by atoms with Crippen LogP contribution in [-0.2, 0) is 35.3 Å². The second-order valence-electron chi connectivity index (χ2n) is 11.4. The number of hydrogen-bond donors (Lipinski definition) is 1. The van der Waals surface area contributed by atoms with Crippen molar-refractivity contribution in [3.05, 3.63) is 45.1 Å². The van der Waals surface area contributed by atoms with E-state index in [2.05, 4.69) is 25.1 Å². The van der Waals surface area contributed by atoms with E-state index in [1.54, 1.807) is 9.80 Å². The number of carbonyl (C=O) groups is 2. The molecule has 1 saturated carbocycles. The fraction of sp³-hybridized carbons (Fsp3) is 0.630. The molecule has 0 spiro atoms. The van der Waals surface area contributed by atoms with E-state index in [-0.39, 0.29) is 35.2 Å². The number of H-pyrrole nitrogens is 1. The van der Waals surface area contributed by atoms with Crippen molar-refractivity contribution in [2.24, 2.45) is 11.8 Å². The number of piperazine rings is 1. The van der Waals surface area contributed by atoms with Crippen LogP contribution < -0.4 is 10.5 Å². The van der Waals surface area contributed by atoms with Gasteiger partial charge in [0, 0.05) is 88.3 Å². The minimum absolute atomic E-state index is 0.0547. The van der Waals surface area contributed by atoms with Crippen LogP contribution in [0.15, 0.2) is 17.2 Å². The van der Waals surface area contributed by atoms with Gasteiger partial charge in [-0.2, -0.15) is 18.3 Å². The molecule has 3 fully saturated rings. The lowest BCUT2D eigenvalue weighted by molar-refractivity contribution is -0.142. The van der Waals surface area contributed by atoms with Gasteiger partial charge in [0.1, 0.15) is 0 Å². The van der Waals surface area contributed by atoms with Gasteiger partial charge in [-0.3, -0.25) is 19.3 Å². The largest absolute Gasteiger partial charge is 0.419 e. The minimum Gasteiger partial charge on any atom is -0.339 e. The van der Waals surface area contributed by atoms with E-state index < -0.39 is 11.7 Å². The van der Waals surface area contributed by atoms with Crippen LogP contribution in [0, 0.1) is 11.8 Å². The van der Waals surface area contributed by atoms with Crippen LogP contribution in [0.3, 0.4) is 0 Å². The second kappa shape index (κ2) is 11.0. The van der Waals surface area contributed by atoms with E-state index in [0.717, 1.165) is 49.3 Å². The summed E-state index contributed by atoms with van der Waals surface area (Å²) in [7, 11) is 0. The van der Waals surface area contributed by atoms with Crippen molar-refractivity contribution in [1.82, 2.24) is 34.9 Å². The quantitative estimate of drug-likeness (QED) is 0.570. The summed E-state index contributed by atoms with van der Waals surface area (Å²) in [4.78, 5) is 53.9. The maximum absolute atomic E-state index is 13.1. The van der Waals surface area contributed by atoms with E-state index in [1.807, 2.05) is 4.90 Å². The van der Waals surface area contributed by atoms with Gasteiger partial charge in [-0.15, -0.1) is 0 Å². The third kappa shape index (κ3) is 5.66. The summed E-state index contributed by atoms with van der Waals surface area (Å²) in [6.07, 6.45) is 1.64. The van der Waals surface area contributed by atoms with Gasteiger partial charge in [0.05, 0.1) is 17.2 Å². The van der Waals surface area contributed by atoms with E-state index in [1.165, 1.54) is 0 Å². The topological polar surface area (TPSA) is 119 Å². The van der Waals surface area contributed by atoms with Crippen LogP contribution in [0.2, 0.25) is 0 Å².